The highest BCUT2D eigenvalue weighted by atomic mass is 16.5. The van der Waals surface area contributed by atoms with Crippen molar-refractivity contribution in [3.8, 4) is 0 Å². The molecule has 2 rings (SSSR count). The molecule has 1 atom stereocenters. The lowest BCUT2D eigenvalue weighted by atomic mass is 9.73. The van der Waals surface area contributed by atoms with Crippen LogP contribution in [0.15, 0.2) is 18.2 Å². The van der Waals surface area contributed by atoms with E-state index in [1.807, 2.05) is 0 Å². The molecule has 1 saturated carbocycles. The van der Waals surface area contributed by atoms with Gasteiger partial charge in [0.05, 0.1) is 11.6 Å². The van der Waals surface area contributed by atoms with Gasteiger partial charge in [-0.15, -0.1) is 0 Å². The number of hydrogen-bond donors (Lipinski definition) is 1. The molecular formula is C18H29NO. The predicted octanol–water partition coefficient (Wildman–Crippen LogP) is 4.29. The molecule has 1 unspecified atom stereocenters. The molecule has 0 aliphatic heterocycles. The van der Waals surface area contributed by atoms with E-state index in [4.69, 9.17) is 10.5 Å². The second kappa shape index (κ2) is 6.28. The van der Waals surface area contributed by atoms with E-state index < -0.39 is 0 Å². The maximum Gasteiger partial charge on any atom is 0.0874 e. The number of ether oxygens (including phenoxy) is 1. The number of nitrogens with two attached hydrogens (primary N) is 1. The Morgan fingerprint density at radius 3 is 2.25 bits per heavy atom. The second-order valence-corrected chi connectivity index (χ2v) is 6.58. The normalized spacial score (nSPS) is 28.4. The van der Waals surface area contributed by atoms with E-state index >= 15 is 0 Å². The van der Waals surface area contributed by atoms with Crippen molar-refractivity contribution in [2.45, 2.75) is 65.0 Å². The Hall–Kier alpha value is -0.860. The van der Waals surface area contributed by atoms with Crippen LogP contribution in [0.4, 0.5) is 0 Å². The van der Waals surface area contributed by atoms with E-state index in [0.29, 0.717) is 0 Å². The maximum atomic E-state index is 6.65. The first kappa shape index (κ1) is 15.5. The summed E-state index contributed by atoms with van der Waals surface area (Å²) in [4.78, 5) is 0. The quantitative estimate of drug-likeness (QED) is 0.889. The smallest absolute Gasteiger partial charge is 0.0874 e. The van der Waals surface area contributed by atoms with Crippen LogP contribution in [0.2, 0.25) is 0 Å². The van der Waals surface area contributed by atoms with Crippen molar-refractivity contribution in [2.24, 2.45) is 11.7 Å². The summed E-state index contributed by atoms with van der Waals surface area (Å²) in [6.07, 6.45) is 4.60. The summed E-state index contributed by atoms with van der Waals surface area (Å²) in [5.74, 6) is 0.801. The standard InChI is InChI=1S/C18H29NO/c1-5-20-18(8-6-13(2)7-9-18)17(19)16-11-14(3)10-15(4)12-16/h10-13,17H,5-9,19H2,1-4H3. The van der Waals surface area contributed by atoms with Crippen LogP contribution in [-0.4, -0.2) is 12.2 Å². The third-order valence-electron chi connectivity index (χ3n) is 4.72. The summed E-state index contributed by atoms with van der Waals surface area (Å²) in [5, 5.41) is 0. The lowest BCUT2D eigenvalue weighted by molar-refractivity contribution is -0.0896. The molecule has 1 aliphatic rings. The fourth-order valence-corrected chi connectivity index (χ4v) is 3.58. The van der Waals surface area contributed by atoms with Gasteiger partial charge in [-0.25, -0.2) is 0 Å². The fourth-order valence-electron chi connectivity index (χ4n) is 3.58. The summed E-state index contributed by atoms with van der Waals surface area (Å²) in [5.41, 5.74) is 10.3. The highest BCUT2D eigenvalue weighted by molar-refractivity contribution is 5.32. The van der Waals surface area contributed by atoms with Crippen LogP contribution >= 0.6 is 0 Å². The Morgan fingerprint density at radius 2 is 1.75 bits per heavy atom. The first-order valence-corrected chi connectivity index (χ1v) is 7.94. The van der Waals surface area contributed by atoms with Gasteiger partial charge in [-0.2, -0.15) is 0 Å². The molecule has 2 heteroatoms. The minimum atomic E-state index is -0.165. The SMILES string of the molecule is CCOC1(C(N)c2cc(C)cc(C)c2)CCC(C)CC1. The molecule has 0 aromatic heterocycles. The molecule has 0 heterocycles. The number of aryl methyl sites for hydroxylation is 2. The van der Waals surface area contributed by atoms with Crippen molar-refractivity contribution in [2.75, 3.05) is 6.61 Å². The highest BCUT2D eigenvalue weighted by Crippen LogP contribution is 2.42. The Kier molecular flexibility index (Phi) is 4.87. The number of hydrogen-bond acceptors (Lipinski definition) is 2. The van der Waals surface area contributed by atoms with E-state index in [1.54, 1.807) is 0 Å². The molecule has 1 aromatic carbocycles. The molecule has 1 aromatic rings. The molecule has 1 fully saturated rings. The van der Waals surface area contributed by atoms with E-state index in [2.05, 4.69) is 45.9 Å². The van der Waals surface area contributed by atoms with Crippen LogP contribution in [-0.2, 0) is 4.74 Å². The fraction of sp³-hybridized carbons (Fsp3) is 0.667. The summed E-state index contributed by atoms with van der Waals surface area (Å²) < 4.78 is 6.19. The van der Waals surface area contributed by atoms with Crippen LogP contribution in [0, 0.1) is 19.8 Å². The zero-order valence-corrected chi connectivity index (χ0v) is 13.4. The largest absolute Gasteiger partial charge is 0.373 e. The van der Waals surface area contributed by atoms with Crippen LogP contribution in [0.5, 0.6) is 0 Å². The Bertz CT molecular complexity index is 426. The zero-order valence-electron chi connectivity index (χ0n) is 13.4. The average molecular weight is 275 g/mol. The molecule has 2 nitrogen and oxygen atoms in total. The minimum absolute atomic E-state index is 0.0199. The average Bonchev–Trinajstić information content (AvgIpc) is 2.40. The Morgan fingerprint density at radius 1 is 1.20 bits per heavy atom. The van der Waals surface area contributed by atoms with Crippen molar-refractivity contribution in [1.82, 2.24) is 0 Å². The van der Waals surface area contributed by atoms with Crippen LogP contribution in [0.3, 0.4) is 0 Å². The highest BCUT2D eigenvalue weighted by Gasteiger charge is 2.41. The first-order valence-electron chi connectivity index (χ1n) is 7.94. The molecule has 0 bridgehead atoms. The van der Waals surface area contributed by atoms with Gasteiger partial charge in [-0.05, 0) is 57.9 Å². The predicted molar refractivity (Wildman–Crippen MR) is 84.8 cm³/mol. The minimum Gasteiger partial charge on any atom is -0.373 e. The molecule has 20 heavy (non-hydrogen) atoms. The van der Waals surface area contributed by atoms with Crippen LogP contribution in [0.1, 0.15) is 62.3 Å². The first-order chi connectivity index (χ1) is 9.47. The summed E-state index contributed by atoms with van der Waals surface area (Å²) in [6.45, 7) is 9.43. The second-order valence-electron chi connectivity index (χ2n) is 6.58. The molecule has 112 valence electrons. The molecule has 0 amide bonds. The lowest BCUT2D eigenvalue weighted by Crippen LogP contribution is -2.46. The van der Waals surface area contributed by atoms with E-state index in [1.165, 1.54) is 29.5 Å². The van der Waals surface area contributed by atoms with Crippen LogP contribution < -0.4 is 5.73 Å². The van der Waals surface area contributed by atoms with Gasteiger partial charge in [0, 0.05) is 6.61 Å². The molecule has 1 aliphatic carbocycles. The van der Waals surface area contributed by atoms with Gasteiger partial charge in [-0.1, -0.05) is 36.2 Å². The maximum absolute atomic E-state index is 6.65. The third kappa shape index (κ3) is 3.24. The molecular weight excluding hydrogens is 246 g/mol. The van der Waals surface area contributed by atoms with Gasteiger partial charge in [0.15, 0.2) is 0 Å². The van der Waals surface area contributed by atoms with Gasteiger partial charge >= 0.3 is 0 Å². The van der Waals surface area contributed by atoms with Crippen molar-refractivity contribution < 1.29 is 4.74 Å². The molecule has 0 saturated heterocycles. The van der Waals surface area contributed by atoms with Gasteiger partial charge in [0.2, 0.25) is 0 Å². The summed E-state index contributed by atoms with van der Waals surface area (Å²) >= 11 is 0. The van der Waals surface area contributed by atoms with Crippen molar-refractivity contribution in [1.29, 1.82) is 0 Å². The number of benzene rings is 1. The van der Waals surface area contributed by atoms with Crippen molar-refractivity contribution >= 4 is 0 Å². The summed E-state index contributed by atoms with van der Waals surface area (Å²) in [6, 6.07) is 6.62. The van der Waals surface area contributed by atoms with Crippen molar-refractivity contribution in [3.05, 3.63) is 34.9 Å². The van der Waals surface area contributed by atoms with Gasteiger partial charge in [-0.3, -0.25) is 0 Å². The Labute approximate surface area is 123 Å². The Balaban J connectivity index is 2.28. The van der Waals surface area contributed by atoms with Crippen molar-refractivity contribution in [3.63, 3.8) is 0 Å². The van der Waals surface area contributed by atoms with Gasteiger partial charge in [0.25, 0.3) is 0 Å². The van der Waals surface area contributed by atoms with E-state index in [9.17, 15) is 0 Å². The molecule has 0 spiro atoms. The lowest BCUT2D eigenvalue weighted by Gasteiger charge is -2.43. The third-order valence-corrected chi connectivity index (χ3v) is 4.72. The zero-order chi connectivity index (χ0) is 14.8. The van der Waals surface area contributed by atoms with Gasteiger partial charge < -0.3 is 10.5 Å². The van der Waals surface area contributed by atoms with E-state index in [0.717, 1.165) is 25.4 Å². The molecule has 0 radical (unpaired) electrons. The number of rotatable bonds is 4. The topological polar surface area (TPSA) is 35.2 Å². The molecule has 2 N–H and O–H groups in total. The van der Waals surface area contributed by atoms with E-state index in [-0.39, 0.29) is 11.6 Å². The van der Waals surface area contributed by atoms with Crippen LogP contribution in [0.25, 0.3) is 0 Å². The summed E-state index contributed by atoms with van der Waals surface area (Å²) in [7, 11) is 0. The van der Waals surface area contributed by atoms with Gasteiger partial charge in [0.1, 0.15) is 0 Å². The monoisotopic (exact) mass is 275 g/mol.